The van der Waals surface area contributed by atoms with E-state index >= 15 is 0 Å². The van der Waals surface area contributed by atoms with Crippen LogP contribution in [0.25, 0.3) is 0 Å². The largest absolute Gasteiger partial charge is 0.494 e. The zero-order chi connectivity index (χ0) is 12.1. The number of halogens is 1. The van der Waals surface area contributed by atoms with E-state index in [1.54, 1.807) is 0 Å². The van der Waals surface area contributed by atoms with Gasteiger partial charge in [0.15, 0.2) is 0 Å². The number of hydrogen-bond acceptors (Lipinski definition) is 2. The normalized spacial score (nSPS) is 12.9. The van der Waals surface area contributed by atoms with Gasteiger partial charge < -0.3 is 10.5 Å². The third kappa shape index (κ3) is 4.14. The van der Waals surface area contributed by atoms with Gasteiger partial charge in [-0.1, -0.05) is 35.8 Å². The van der Waals surface area contributed by atoms with Crippen LogP contribution in [0.4, 0.5) is 0 Å². The van der Waals surface area contributed by atoms with Crippen molar-refractivity contribution in [2.75, 3.05) is 6.61 Å². The van der Waals surface area contributed by atoms with Crippen LogP contribution in [0.3, 0.4) is 0 Å². The van der Waals surface area contributed by atoms with E-state index in [9.17, 15) is 0 Å². The first-order chi connectivity index (χ1) is 7.50. The zero-order valence-electron chi connectivity index (χ0n) is 10.2. The van der Waals surface area contributed by atoms with E-state index in [4.69, 9.17) is 10.5 Å². The number of ether oxygens (including phenoxy) is 1. The highest BCUT2D eigenvalue weighted by atomic mass is 79.9. The second kappa shape index (κ2) is 6.26. The Bertz CT molecular complexity index is 337. The predicted octanol–water partition coefficient (Wildman–Crippen LogP) is 3.89. The number of benzene rings is 1. The Morgan fingerprint density at radius 3 is 2.50 bits per heavy atom. The molecule has 2 N–H and O–H groups in total. The van der Waals surface area contributed by atoms with E-state index in [1.807, 2.05) is 25.1 Å². The molecule has 2 nitrogen and oxygen atoms in total. The van der Waals surface area contributed by atoms with E-state index < -0.39 is 0 Å². The van der Waals surface area contributed by atoms with E-state index in [0.29, 0.717) is 5.92 Å². The fraction of sp³-hybridized carbons (Fsp3) is 0.538. The minimum Gasteiger partial charge on any atom is -0.494 e. The topological polar surface area (TPSA) is 35.2 Å². The number of hydrogen-bond donors (Lipinski definition) is 1. The molecule has 1 aromatic carbocycles. The second-order valence-electron chi connectivity index (χ2n) is 4.50. The van der Waals surface area contributed by atoms with E-state index in [1.165, 1.54) is 0 Å². The molecule has 0 bridgehead atoms. The summed E-state index contributed by atoms with van der Waals surface area (Å²) in [5.41, 5.74) is 6.94. The van der Waals surface area contributed by atoms with Crippen molar-refractivity contribution in [3.63, 3.8) is 0 Å². The second-order valence-corrected chi connectivity index (χ2v) is 5.36. The highest BCUT2D eigenvalue weighted by molar-refractivity contribution is 9.10. The molecule has 0 unspecified atom stereocenters. The van der Waals surface area contributed by atoms with Gasteiger partial charge in [0, 0.05) is 10.5 Å². The van der Waals surface area contributed by atoms with Crippen LogP contribution in [0.1, 0.15) is 38.8 Å². The Morgan fingerprint density at radius 2 is 2.00 bits per heavy atom. The predicted molar refractivity (Wildman–Crippen MR) is 71.7 cm³/mol. The number of nitrogens with two attached hydrogens (primary N) is 1. The van der Waals surface area contributed by atoms with Crippen molar-refractivity contribution >= 4 is 15.9 Å². The summed E-state index contributed by atoms with van der Waals surface area (Å²) in [6.45, 7) is 7.12. The highest BCUT2D eigenvalue weighted by Crippen LogP contribution is 2.26. The van der Waals surface area contributed by atoms with Gasteiger partial charge in [-0.15, -0.1) is 0 Å². The summed E-state index contributed by atoms with van der Waals surface area (Å²) in [6, 6.07) is 6.02. The van der Waals surface area contributed by atoms with Gasteiger partial charge in [0.1, 0.15) is 5.75 Å². The molecule has 0 aliphatic heterocycles. The molecule has 0 radical (unpaired) electrons. The van der Waals surface area contributed by atoms with Crippen LogP contribution in [0, 0.1) is 5.92 Å². The van der Waals surface area contributed by atoms with Crippen LogP contribution in [0.5, 0.6) is 5.75 Å². The molecule has 16 heavy (non-hydrogen) atoms. The fourth-order valence-electron chi connectivity index (χ4n) is 1.38. The molecule has 1 atom stereocenters. The Hall–Kier alpha value is -0.540. The maximum Gasteiger partial charge on any atom is 0.120 e. The van der Waals surface area contributed by atoms with Crippen LogP contribution in [-0.2, 0) is 0 Å². The van der Waals surface area contributed by atoms with Crippen molar-refractivity contribution < 1.29 is 4.74 Å². The molecule has 0 spiro atoms. The summed E-state index contributed by atoms with van der Waals surface area (Å²) in [5.74, 6) is 1.57. The summed E-state index contributed by atoms with van der Waals surface area (Å²) >= 11 is 3.51. The average Bonchev–Trinajstić information content (AvgIpc) is 2.16. The van der Waals surface area contributed by atoms with Crippen molar-refractivity contribution in [2.24, 2.45) is 11.7 Å². The molecular formula is C13H20BrNO. The molecule has 0 fully saturated rings. The van der Waals surface area contributed by atoms with Crippen molar-refractivity contribution in [3.8, 4) is 5.75 Å². The Labute approximate surface area is 106 Å². The molecule has 3 heteroatoms. The Kier molecular flexibility index (Phi) is 5.29. The molecule has 0 heterocycles. The monoisotopic (exact) mass is 285 g/mol. The summed E-state index contributed by atoms with van der Waals surface area (Å²) in [7, 11) is 0. The molecule has 0 aliphatic rings. The van der Waals surface area contributed by atoms with Crippen molar-refractivity contribution in [1.29, 1.82) is 0 Å². The van der Waals surface area contributed by atoms with Crippen LogP contribution < -0.4 is 10.5 Å². The lowest BCUT2D eigenvalue weighted by molar-refractivity contribution is 0.289. The quantitative estimate of drug-likeness (QED) is 0.891. The maximum atomic E-state index is 5.83. The first-order valence-corrected chi connectivity index (χ1v) is 6.48. The lowest BCUT2D eigenvalue weighted by Gasteiger charge is -2.12. The summed E-state index contributed by atoms with van der Waals surface area (Å²) in [5, 5.41) is 0. The molecule has 0 aromatic heterocycles. The van der Waals surface area contributed by atoms with Crippen molar-refractivity contribution in [2.45, 2.75) is 33.2 Å². The van der Waals surface area contributed by atoms with Gasteiger partial charge in [-0.05, 0) is 37.0 Å². The minimum atomic E-state index is 0.0408. The third-order valence-corrected chi connectivity index (χ3v) is 3.11. The first kappa shape index (κ1) is 13.5. The van der Waals surface area contributed by atoms with E-state index in [2.05, 4.69) is 29.8 Å². The van der Waals surface area contributed by atoms with Crippen LogP contribution in [0.2, 0.25) is 0 Å². The minimum absolute atomic E-state index is 0.0408. The van der Waals surface area contributed by atoms with Gasteiger partial charge in [0.25, 0.3) is 0 Å². The fourth-order valence-corrected chi connectivity index (χ4v) is 2.10. The molecule has 0 saturated heterocycles. The van der Waals surface area contributed by atoms with E-state index in [-0.39, 0.29) is 6.04 Å². The summed E-state index contributed by atoms with van der Waals surface area (Å²) in [6.07, 6.45) is 1.08. The van der Waals surface area contributed by atoms with Crippen molar-refractivity contribution in [3.05, 3.63) is 28.2 Å². The molecule has 90 valence electrons. The lowest BCUT2D eigenvalue weighted by Crippen LogP contribution is -2.06. The van der Waals surface area contributed by atoms with Crippen LogP contribution in [0.15, 0.2) is 22.7 Å². The van der Waals surface area contributed by atoms with Gasteiger partial charge >= 0.3 is 0 Å². The lowest BCUT2D eigenvalue weighted by atomic mass is 10.1. The van der Waals surface area contributed by atoms with E-state index in [0.717, 1.165) is 28.8 Å². The van der Waals surface area contributed by atoms with Crippen LogP contribution >= 0.6 is 15.9 Å². The molecule has 1 aromatic rings. The zero-order valence-corrected chi connectivity index (χ0v) is 11.8. The van der Waals surface area contributed by atoms with Gasteiger partial charge in [-0.3, -0.25) is 0 Å². The average molecular weight is 286 g/mol. The Morgan fingerprint density at radius 1 is 1.31 bits per heavy atom. The first-order valence-electron chi connectivity index (χ1n) is 5.68. The maximum absolute atomic E-state index is 5.83. The van der Waals surface area contributed by atoms with Gasteiger partial charge in [0.05, 0.1) is 6.61 Å². The van der Waals surface area contributed by atoms with Crippen molar-refractivity contribution in [1.82, 2.24) is 0 Å². The molecule has 0 aliphatic carbocycles. The number of rotatable bonds is 5. The van der Waals surface area contributed by atoms with Gasteiger partial charge in [0.2, 0.25) is 0 Å². The standard InChI is InChI=1S/C13H20BrNO/c1-9(2)6-7-16-11-4-5-12(10(3)15)13(14)8-11/h4-5,8-10H,6-7,15H2,1-3H3/t10-/m1/s1. The highest BCUT2D eigenvalue weighted by Gasteiger charge is 2.06. The summed E-state index contributed by atoms with van der Waals surface area (Å²) < 4.78 is 6.68. The SMILES string of the molecule is CC(C)CCOc1ccc([C@@H](C)N)c(Br)c1. The molecular weight excluding hydrogens is 266 g/mol. The molecule has 0 amide bonds. The van der Waals surface area contributed by atoms with Crippen LogP contribution in [-0.4, -0.2) is 6.61 Å². The van der Waals surface area contributed by atoms with Gasteiger partial charge in [-0.2, -0.15) is 0 Å². The Balaban J connectivity index is 2.59. The molecule has 0 saturated carbocycles. The summed E-state index contributed by atoms with van der Waals surface area (Å²) in [4.78, 5) is 0. The smallest absolute Gasteiger partial charge is 0.120 e. The molecule has 1 rings (SSSR count). The third-order valence-electron chi connectivity index (χ3n) is 2.43. The van der Waals surface area contributed by atoms with Gasteiger partial charge in [-0.25, -0.2) is 0 Å².